The fraction of sp³-hybridized carbons (Fsp3) is 0.520. The van der Waals surface area contributed by atoms with Gasteiger partial charge in [0.15, 0.2) is 0 Å². The van der Waals surface area contributed by atoms with E-state index in [-0.39, 0.29) is 41.7 Å². The Kier molecular flexibility index (Phi) is 7.90. The van der Waals surface area contributed by atoms with Gasteiger partial charge in [-0.25, -0.2) is 0 Å². The predicted octanol–water partition coefficient (Wildman–Crippen LogP) is 5.63. The van der Waals surface area contributed by atoms with E-state index < -0.39 is 0 Å². The number of nitrogens with two attached hydrogens (primary N) is 1. The zero-order valence-electron chi connectivity index (χ0n) is 18.6. The molecule has 3 unspecified atom stereocenters. The van der Waals surface area contributed by atoms with Crippen LogP contribution in [-0.4, -0.2) is 30.1 Å². The molecule has 0 saturated carbocycles. The van der Waals surface area contributed by atoms with Crippen LogP contribution < -0.4 is 5.73 Å². The van der Waals surface area contributed by atoms with E-state index in [1.165, 1.54) is 23.1 Å². The van der Waals surface area contributed by atoms with Gasteiger partial charge in [0.05, 0.1) is 12.7 Å². The predicted molar refractivity (Wildman–Crippen MR) is 131 cm³/mol. The van der Waals surface area contributed by atoms with Gasteiger partial charge in [-0.3, -0.25) is 4.90 Å². The van der Waals surface area contributed by atoms with Crippen molar-refractivity contribution in [3.8, 4) is 0 Å². The average molecular weight is 451 g/mol. The van der Waals surface area contributed by atoms with Crippen LogP contribution in [0.25, 0.3) is 0 Å². The first kappa shape index (κ1) is 25.0. The van der Waals surface area contributed by atoms with Crippen molar-refractivity contribution in [3.63, 3.8) is 0 Å². The number of halogens is 2. The summed E-state index contributed by atoms with van der Waals surface area (Å²) in [5, 5.41) is 0. The van der Waals surface area contributed by atoms with Crippen molar-refractivity contribution in [2.75, 3.05) is 18.8 Å². The lowest BCUT2D eigenvalue weighted by atomic mass is 9.51. The van der Waals surface area contributed by atoms with Gasteiger partial charge in [-0.15, -0.1) is 24.8 Å². The number of piperidine rings is 1. The van der Waals surface area contributed by atoms with Crippen LogP contribution in [0.1, 0.15) is 50.8 Å². The van der Waals surface area contributed by atoms with E-state index >= 15 is 0 Å². The molecule has 3 atom stereocenters. The molecule has 1 aliphatic heterocycles. The second-order valence-corrected chi connectivity index (χ2v) is 9.50. The summed E-state index contributed by atoms with van der Waals surface area (Å²) in [5.74, 6) is 0. The van der Waals surface area contributed by atoms with Crippen molar-refractivity contribution in [2.24, 2.45) is 5.41 Å². The van der Waals surface area contributed by atoms with Crippen molar-refractivity contribution in [1.82, 2.24) is 4.90 Å². The molecule has 4 rings (SSSR count). The average Bonchev–Trinajstić information content (AvgIpc) is 2.67. The molecule has 0 spiro atoms. The first-order valence-corrected chi connectivity index (χ1v) is 10.6. The molecule has 0 aromatic heterocycles. The van der Waals surface area contributed by atoms with Gasteiger partial charge >= 0.3 is 0 Å². The zero-order chi connectivity index (χ0) is 19.9. The molecule has 2 N–H and O–H groups in total. The fourth-order valence-corrected chi connectivity index (χ4v) is 5.49. The summed E-state index contributed by atoms with van der Waals surface area (Å²) in [6.07, 6.45) is 2.41. The number of nitrogen functional groups attached to an aromatic ring is 1. The highest BCUT2D eigenvalue weighted by Crippen LogP contribution is 2.56. The van der Waals surface area contributed by atoms with Crippen molar-refractivity contribution >= 4 is 30.5 Å². The molecule has 1 aliphatic carbocycles. The minimum atomic E-state index is 0. The third-order valence-corrected chi connectivity index (χ3v) is 7.67. The number of ether oxygens (including phenoxy) is 1. The summed E-state index contributed by atoms with van der Waals surface area (Å²) in [5.41, 5.74) is 11.8. The molecule has 30 heavy (non-hydrogen) atoms. The Morgan fingerprint density at radius 3 is 2.47 bits per heavy atom. The Morgan fingerprint density at radius 1 is 1.07 bits per heavy atom. The summed E-state index contributed by atoms with van der Waals surface area (Å²) in [6.45, 7) is 12.3. The minimum absolute atomic E-state index is 0. The lowest BCUT2D eigenvalue weighted by Crippen LogP contribution is -2.64. The summed E-state index contributed by atoms with van der Waals surface area (Å²) < 4.78 is 6.19. The molecular weight excluding hydrogens is 415 g/mol. The number of hydrogen-bond acceptors (Lipinski definition) is 3. The Bertz CT molecular complexity index is 842. The van der Waals surface area contributed by atoms with E-state index in [4.69, 9.17) is 10.5 Å². The monoisotopic (exact) mass is 450 g/mol. The molecule has 3 nitrogen and oxygen atoms in total. The minimum Gasteiger partial charge on any atom is -0.398 e. The Hall–Kier alpha value is -1.26. The quantitative estimate of drug-likeness (QED) is 0.599. The highest BCUT2D eigenvalue weighted by Gasteiger charge is 2.56. The van der Waals surface area contributed by atoms with Crippen LogP contribution in [0.3, 0.4) is 0 Å². The molecule has 0 radical (unpaired) electrons. The molecule has 166 valence electrons. The van der Waals surface area contributed by atoms with E-state index in [0.717, 1.165) is 25.2 Å². The smallest absolute Gasteiger partial charge is 0.0721 e. The van der Waals surface area contributed by atoms with Crippen LogP contribution in [0.4, 0.5) is 5.69 Å². The molecule has 2 bridgehead atoms. The maximum absolute atomic E-state index is 6.41. The first-order chi connectivity index (χ1) is 13.3. The maximum atomic E-state index is 6.41. The number of anilines is 1. The fourth-order valence-electron chi connectivity index (χ4n) is 5.49. The van der Waals surface area contributed by atoms with Crippen LogP contribution in [0.2, 0.25) is 0 Å². The summed E-state index contributed by atoms with van der Waals surface area (Å²) in [7, 11) is 0. The van der Waals surface area contributed by atoms with E-state index in [9.17, 15) is 0 Å². The first-order valence-electron chi connectivity index (χ1n) is 10.6. The number of nitrogens with zero attached hydrogens (tertiary/aromatic N) is 1. The SMILES string of the molecule is CC(CN1CCC2(C)c3cccc(N)c3CC1C2(C)C)OCc1ccccc1.Cl.Cl. The zero-order valence-corrected chi connectivity index (χ0v) is 20.2. The van der Waals surface area contributed by atoms with Crippen molar-refractivity contribution in [3.05, 3.63) is 65.2 Å². The maximum Gasteiger partial charge on any atom is 0.0721 e. The summed E-state index contributed by atoms with van der Waals surface area (Å²) >= 11 is 0. The van der Waals surface area contributed by atoms with Gasteiger partial charge in [0.25, 0.3) is 0 Å². The second-order valence-electron chi connectivity index (χ2n) is 9.50. The van der Waals surface area contributed by atoms with Gasteiger partial charge in [-0.1, -0.05) is 63.2 Å². The number of hydrogen-bond donors (Lipinski definition) is 1. The Balaban J connectivity index is 0.00000160. The van der Waals surface area contributed by atoms with Crippen LogP contribution in [-0.2, 0) is 23.2 Å². The topological polar surface area (TPSA) is 38.5 Å². The van der Waals surface area contributed by atoms with Crippen LogP contribution in [0.5, 0.6) is 0 Å². The Labute approximate surface area is 194 Å². The lowest BCUT2D eigenvalue weighted by molar-refractivity contribution is -0.0647. The normalized spacial score (nSPS) is 25.4. The van der Waals surface area contributed by atoms with Crippen LogP contribution in [0, 0.1) is 5.41 Å². The van der Waals surface area contributed by atoms with Crippen molar-refractivity contribution < 1.29 is 4.74 Å². The largest absolute Gasteiger partial charge is 0.398 e. The van der Waals surface area contributed by atoms with Gasteiger partial charge in [0, 0.05) is 23.7 Å². The molecular formula is C25H36Cl2N2O. The van der Waals surface area contributed by atoms with Crippen LogP contribution in [0.15, 0.2) is 48.5 Å². The summed E-state index contributed by atoms with van der Waals surface area (Å²) in [6, 6.07) is 17.4. The summed E-state index contributed by atoms with van der Waals surface area (Å²) in [4.78, 5) is 2.66. The molecule has 1 heterocycles. The van der Waals surface area contributed by atoms with Crippen LogP contribution >= 0.6 is 24.8 Å². The van der Waals surface area contributed by atoms with Crippen molar-refractivity contribution in [2.45, 2.75) is 64.7 Å². The molecule has 2 aliphatic rings. The Morgan fingerprint density at radius 2 is 1.77 bits per heavy atom. The lowest BCUT2D eigenvalue weighted by Gasteiger charge is -2.61. The van der Waals surface area contributed by atoms with Gasteiger partial charge in [0.2, 0.25) is 0 Å². The third-order valence-electron chi connectivity index (χ3n) is 7.67. The molecule has 0 amide bonds. The second kappa shape index (κ2) is 9.48. The molecule has 5 heteroatoms. The number of benzene rings is 2. The third kappa shape index (κ3) is 4.23. The number of fused-ring (bicyclic) bond motifs is 4. The standard InChI is InChI=1S/C25H34N2O.2ClH/c1-18(28-17-19-9-6-5-7-10-19)16-27-14-13-25(4)21-11-8-12-22(26)20(21)15-23(27)24(25,2)3;;/h5-12,18,23H,13-17,26H2,1-4H3;2*1H. The molecule has 2 aromatic rings. The van der Waals surface area contributed by atoms with Gasteiger partial charge in [0.1, 0.15) is 0 Å². The molecule has 1 saturated heterocycles. The molecule has 2 aromatic carbocycles. The van der Waals surface area contributed by atoms with Crippen molar-refractivity contribution in [1.29, 1.82) is 0 Å². The van der Waals surface area contributed by atoms with Gasteiger partial charge in [-0.2, -0.15) is 0 Å². The van der Waals surface area contributed by atoms with E-state index in [2.05, 4.69) is 75.1 Å². The number of rotatable bonds is 5. The van der Waals surface area contributed by atoms with E-state index in [1.807, 2.05) is 6.07 Å². The van der Waals surface area contributed by atoms with Gasteiger partial charge < -0.3 is 10.5 Å². The van der Waals surface area contributed by atoms with E-state index in [1.54, 1.807) is 0 Å². The molecule has 1 fully saturated rings. The highest BCUT2D eigenvalue weighted by molar-refractivity contribution is 5.85. The van der Waals surface area contributed by atoms with E-state index in [0.29, 0.717) is 12.6 Å². The number of likely N-dealkylation sites (tertiary alicyclic amines) is 1. The van der Waals surface area contributed by atoms with Gasteiger partial charge in [-0.05, 0) is 54.5 Å². The highest BCUT2D eigenvalue weighted by atomic mass is 35.5.